The molecule has 5 heteroatoms. The molecule has 0 saturated heterocycles. The van der Waals surface area contributed by atoms with Crippen molar-refractivity contribution in [2.24, 2.45) is 0 Å². The van der Waals surface area contributed by atoms with Gasteiger partial charge < -0.3 is 10.6 Å². The zero-order valence-corrected chi connectivity index (χ0v) is 14.0. The summed E-state index contributed by atoms with van der Waals surface area (Å²) in [4.78, 5) is 25.2. The van der Waals surface area contributed by atoms with E-state index in [0.29, 0.717) is 11.3 Å². The van der Waals surface area contributed by atoms with Gasteiger partial charge in [0, 0.05) is 10.5 Å². The molecule has 0 radical (unpaired) electrons. The number of nitrogens with one attached hydrogen (secondary N) is 2. The summed E-state index contributed by atoms with van der Waals surface area (Å²) in [5.74, 6) is 0.313. The Hall–Kier alpha value is -2.27. The molecule has 2 N–H and O–H groups in total. The predicted octanol–water partition coefficient (Wildman–Crippen LogP) is 3.54. The number of rotatable bonds is 2. The number of amides is 2. The fourth-order valence-electron chi connectivity index (χ4n) is 3.37. The molecule has 2 aromatic rings. The number of aryl methyl sites for hydroxylation is 1. The molecule has 4 rings (SSSR count). The second-order valence-corrected chi connectivity index (χ2v) is 7.18. The maximum absolute atomic E-state index is 12.7. The minimum absolute atomic E-state index is 0.0220. The topological polar surface area (TPSA) is 58.2 Å². The standard InChI is InChI=1S/C19H18N2O2S/c22-18-11-24-17-9-8-13(10-16(17)20-18)19(23)21-15-7-3-5-12-4-1-2-6-14(12)15/h1-2,4,6,8-10,15H,3,5,7,11H2,(H,20,22)(H,21,23). The van der Waals surface area contributed by atoms with Gasteiger partial charge in [-0.2, -0.15) is 0 Å². The fraction of sp³-hybridized carbons (Fsp3) is 0.263. The van der Waals surface area contributed by atoms with Crippen LogP contribution in [0.15, 0.2) is 47.4 Å². The lowest BCUT2D eigenvalue weighted by Crippen LogP contribution is -2.31. The Balaban J connectivity index is 1.55. The van der Waals surface area contributed by atoms with Crippen LogP contribution in [0.2, 0.25) is 0 Å². The third-order valence-corrected chi connectivity index (χ3v) is 5.62. The highest BCUT2D eigenvalue weighted by Crippen LogP contribution is 2.33. The van der Waals surface area contributed by atoms with Crippen molar-refractivity contribution in [1.29, 1.82) is 0 Å². The van der Waals surface area contributed by atoms with Crippen LogP contribution in [0.25, 0.3) is 0 Å². The Morgan fingerprint density at radius 2 is 2.08 bits per heavy atom. The van der Waals surface area contributed by atoms with Gasteiger partial charge >= 0.3 is 0 Å². The summed E-state index contributed by atoms with van der Waals surface area (Å²) in [6.45, 7) is 0. The van der Waals surface area contributed by atoms with Crippen LogP contribution >= 0.6 is 11.8 Å². The molecule has 4 nitrogen and oxygen atoms in total. The molecular formula is C19H18N2O2S. The number of benzene rings is 2. The first-order valence-electron chi connectivity index (χ1n) is 8.16. The number of carbonyl (C=O) groups is 2. The van der Waals surface area contributed by atoms with E-state index in [1.54, 1.807) is 6.07 Å². The molecule has 0 saturated carbocycles. The van der Waals surface area contributed by atoms with Gasteiger partial charge in [0.15, 0.2) is 0 Å². The molecule has 2 aliphatic rings. The first-order chi connectivity index (χ1) is 11.7. The SMILES string of the molecule is O=C1CSc2ccc(C(=O)NC3CCCc4ccccc43)cc2N1. The van der Waals surface area contributed by atoms with Crippen LogP contribution in [0.4, 0.5) is 5.69 Å². The van der Waals surface area contributed by atoms with Crippen molar-refractivity contribution in [2.45, 2.75) is 30.2 Å². The van der Waals surface area contributed by atoms with Gasteiger partial charge in [0.05, 0.1) is 17.5 Å². The van der Waals surface area contributed by atoms with E-state index in [4.69, 9.17) is 0 Å². The monoisotopic (exact) mass is 338 g/mol. The lowest BCUT2D eigenvalue weighted by atomic mass is 9.87. The van der Waals surface area contributed by atoms with Gasteiger partial charge in [-0.25, -0.2) is 0 Å². The average Bonchev–Trinajstić information content (AvgIpc) is 2.61. The van der Waals surface area contributed by atoms with Crippen LogP contribution in [-0.2, 0) is 11.2 Å². The first-order valence-corrected chi connectivity index (χ1v) is 9.14. The number of thioether (sulfide) groups is 1. The normalized spacial score (nSPS) is 19.0. The largest absolute Gasteiger partial charge is 0.345 e. The number of fused-ring (bicyclic) bond motifs is 2. The van der Waals surface area contributed by atoms with E-state index in [1.165, 1.54) is 22.9 Å². The van der Waals surface area contributed by atoms with Gasteiger partial charge in [0.25, 0.3) is 5.91 Å². The fourth-order valence-corrected chi connectivity index (χ4v) is 4.16. The van der Waals surface area contributed by atoms with Crippen LogP contribution in [-0.4, -0.2) is 17.6 Å². The molecule has 2 aromatic carbocycles. The third kappa shape index (κ3) is 2.91. The maximum Gasteiger partial charge on any atom is 0.251 e. The van der Waals surface area contributed by atoms with Crippen molar-refractivity contribution in [2.75, 3.05) is 11.1 Å². The Labute approximate surface area is 145 Å². The van der Waals surface area contributed by atoms with Crippen LogP contribution in [0.1, 0.15) is 40.4 Å². The van der Waals surface area contributed by atoms with Crippen molar-refractivity contribution in [1.82, 2.24) is 5.32 Å². The molecule has 1 aliphatic heterocycles. The summed E-state index contributed by atoms with van der Waals surface area (Å²) in [7, 11) is 0. The van der Waals surface area contributed by atoms with E-state index in [2.05, 4.69) is 22.8 Å². The summed E-state index contributed by atoms with van der Waals surface area (Å²) in [5.41, 5.74) is 3.86. The molecule has 122 valence electrons. The third-order valence-electron chi connectivity index (χ3n) is 4.55. The summed E-state index contributed by atoms with van der Waals surface area (Å²) < 4.78 is 0. The smallest absolute Gasteiger partial charge is 0.251 e. The number of anilines is 1. The van der Waals surface area contributed by atoms with Crippen LogP contribution in [0.3, 0.4) is 0 Å². The number of hydrogen-bond acceptors (Lipinski definition) is 3. The average molecular weight is 338 g/mol. The summed E-state index contributed by atoms with van der Waals surface area (Å²) >= 11 is 1.50. The van der Waals surface area contributed by atoms with Crippen LogP contribution < -0.4 is 10.6 Å². The Morgan fingerprint density at radius 1 is 1.21 bits per heavy atom. The second kappa shape index (κ2) is 6.32. The molecule has 1 aliphatic carbocycles. The molecule has 24 heavy (non-hydrogen) atoms. The lowest BCUT2D eigenvalue weighted by Gasteiger charge is -2.26. The van der Waals surface area contributed by atoms with Crippen molar-refractivity contribution in [3.05, 3.63) is 59.2 Å². The van der Waals surface area contributed by atoms with Gasteiger partial charge in [-0.1, -0.05) is 24.3 Å². The maximum atomic E-state index is 12.7. The first kappa shape index (κ1) is 15.3. The molecule has 0 bridgehead atoms. The highest BCUT2D eigenvalue weighted by atomic mass is 32.2. The number of hydrogen-bond donors (Lipinski definition) is 2. The zero-order chi connectivity index (χ0) is 16.5. The Kier molecular flexibility index (Phi) is 4.02. The van der Waals surface area contributed by atoms with Gasteiger partial charge in [-0.15, -0.1) is 11.8 Å². The van der Waals surface area contributed by atoms with E-state index in [9.17, 15) is 9.59 Å². The Morgan fingerprint density at radius 3 is 3.00 bits per heavy atom. The van der Waals surface area contributed by atoms with E-state index >= 15 is 0 Å². The quantitative estimate of drug-likeness (QED) is 0.880. The highest BCUT2D eigenvalue weighted by Gasteiger charge is 2.23. The molecule has 0 fully saturated rings. The van der Waals surface area contributed by atoms with Gasteiger partial charge in [0.1, 0.15) is 0 Å². The minimum atomic E-state index is -0.0932. The molecule has 0 aromatic heterocycles. The van der Waals surface area contributed by atoms with Gasteiger partial charge in [-0.3, -0.25) is 9.59 Å². The molecular weight excluding hydrogens is 320 g/mol. The molecule has 1 atom stereocenters. The second-order valence-electron chi connectivity index (χ2n) is 6.16. The van der Waals surface area contributed by atoms with Crippen molar-refractivity contribution in [3.8, 4) is 0 Å². The predicted molar refractivity (Wildman–Crippen MR) is 95.4 cm³/mol. The Bertz CT molecular complexity index is 819. The van der Waals surface area contributed by atoms with Crippen molar-refractivity contribution < 1.29 is 9.59 Å². The molecule has 1 heterocycles. The van der Waals surface area contributed by atoms with Crippen LogP contribution in [0.5, 0.6) is 0 Å². The lowest BCUT2D eigenvalue weighted by molar-refractivity contribution is -0.113. The van der Waals surface area contributed by atoms with E-state index in [0.717, 1.165) is 29.8 Å². The summed E-state index contributed by atoms with van der Waals surface area (Å²) in [6.07, 6.45) is 3.11. The van der Waals surface area contributed by atoms with E-state index in [1.807, 2.05) is 24.3 Å². The number of carbonyl (C=O) groups excluding carboxylic acids is 2. The van der Waals surface area contributed by atoms with Crippen molar-refractivity contribution >= 4 is 29.3 Å². The van der Waals surface area contributed by atoms with Crippen molar-refractivity contribution in [3.63, 3.8) is 0 Å². The van der Waals surface area contributed by atoms with Gasteiger partial charge in [0.2, 0.25) is 5.91 Å². The van der Waals surface area contributed by atoms with E-state index in [-0.39, 0.29) is 17.9 Å². The molecule has 2 amide bonds. The highest BCUT2D eigenvalue weighted by molar-refractivity contribution is 8.00. The summed E-state index contributed by atoms with van der Waals surface area (Å²) in [6, 6.07) is 13.9. The zero-order valence-electron chi connectivity index (χ0n) is 13.2. The van der Waals surface area contributed by atoms with E-state index < -0.39 is 0 Å². The minimum Gasteiger partial charge on any atom is -0.345 e. The van der Waals surface area contributed by atoms with Gasteiger partial charge in [-0.05, 0) is 48.6 Å². The summed E-state index contributed by atoms with van der Waals surface area (Å²) in [5, 5.41) is 5.99. The van der Waals surface area contributed by atoms with Crippen LogP contribution in [0, 0.1) is 0 Å². The molecule has 1 unspecified atom stereocenters. The molecule has 0 spiro atoms.